The van der Waals surface area contributed by atoms with Crippen molar-refractivity contribution in [2.45, 2.75) is 37.1 Å². The smallest absolute Gasteiger partial charge is 0.0390 e. The minimum absolute atomic E-state index is 0.0520. The minimum atomic E-state index is 0.0520. The zero-order chi connectivity index (χ0) is 15.5. The molecule has 0 amide bonds. The van der Waals surface area contributed by atoms with Crippen molar-refractivity contribution >= 4 is 27.7 Å². The molecular weight excluding hydrogens is 342 g/mol. The first-order valence-corrected chi connectivity index (χ1v) is 8.89. The van der Waals surface area contributed by atoms with Crippen molar-refractivity contribution < 1.29 is 0 Å². The Bertz CT molecular complexity index is 587. The maximum atomic E-state index is 6.32. The third-order valence-corrected chi connectivity index (χ3v) is 5.61. The Morgan fingerprint density at radius 2 is 1.67 bits per heavy atom. The molecule has 0 radical (unpaired) electrons. The van der Waals surface area contributed by atoms with Gasteiger partial charge in [-0.15, -0.1) is 11.8 Å². The summed E-state index contributed by atoms with van der Waals surface area (Å²) in [5, 5.41) is 0. The number of thioether (sulfide) groups is 1. The summed E-state index contributed by atoms with van der Waals surface area (Å²) in [5.41, 5.74) is 9.04. The highest BCUT2D eigenvalue weighted by molar-refractivity contribution is 9.10. The first-order chi connectivity index (χ1) is 9.88. The van der Waals surface area contributed by atoms with Crippen LogP contribution in [0.25, 0.3) is 0 Å². The average molecular weight is 364 g/mol. The first kappa shape index (κ1) is 16.6. The number of nitrogens with two attached hydrogens (primary N) is 1. The van der Waals surface area contributed by atoms with Crippen LogP contribution in [0.4, 0.5) is 0 Å². The second-order valence-electron chi connectivity index (χ2n) is 6.22. The van der Waals surface area contributed by atoms with Gasteiger partial charge in [0.2, 0.25) is 0 Å². The fraction of sp³-hybridized carbons (Fsp3) is 0.333. The Morgan fingerprint density at radius 3 is 2.24 bits per heavy atom. The van der Waals surface area contributed by atoms with Crippen LogP contribution in [0.2, 0.25) is 0 Å². The second-order valence-corrected chi connectivity index (χ2v) is 8.14. The molecule has 2 N–H and O–H groups in total. The van der Waals surface area contributed by atoms with E-state index in [0.29, 0.717) is 0 Å². The molecule has 0 bridgehead atoms. The van der Waals surface area contributed by atoms with E-state index in [0.717, 1.165) is 10.2 Å². The lowest BCUT2D eigenvalue weighted by molar-refractivity contribution is 0.589. The Labute approximate surface area is 140 Å². The molecule has 112 valence electrons. The van der Waals surface area contributed by atoms with Crippen LogP contribution in [0, 0.1) is 0 Å². The van der Waals surface area contributed by atoms with Gasteiger partial charge in [0.1, 0.15) is 0 Å². The molecule has 1 nitrogen and oxygen atoms in total. The van der Waals surface area contributed by atoms with Gasteiger partial charge in [-0.25, -0.2) is 0 Å². The van der Waals surface area contributed by atoms with Crippen molar-refractivity contribution in [3.05, 3.63) is 64.1 Å². The maximum Gasteiger partial charge on any atom is 0.0390 e. The predicted octanol–water partition coefficient (Wildman–Crippen LogP) is 5.54. The van der Waals surface area contributed by atoms with Gasteiger partial charge in [-0.05, 0) is 44.6 Å². The van der Waals surface area contributed by atoms with E-state index in [9.17, 15) is 0 Å². The van der Waals surface area contributed by atoms with Gasteiger partial charge < -0.3 is 5.73 Å². The Kier molecular flexibility index (Phi) is 5.53. The van der Waals surface area contributed by atoms with Crippen LogP contribution in [0.1, 0.15) is 37.9 Å². The predicted molar refractivity (Wildman–Crippen MR) is 96.9 cm³/mol. The third kappa shape index (κ3) is 4.60. The highest BCUT2D eigenvalue weighted by atomic mass is 79.9. The van der Waals surface area contributed by atoms with Crippen LogP contribution in [-0.4, -0.2) is 5.75 Å². The molecule has 0 saturated carbocycles. The molecule has 0 fully saturated rings. The Morgan fingerprint density at radius 1 is 1.05 bits per heavy atom. The highest BCUT2D eigenvalue weighted by Crippen LogP contribution is 2.30. The third-order valence-electron chi connectivity index (χ3n) is 3.46. The average Bonchev–Trinajstić information content (AvgIpc) is 2.45. The summed E-state index contributed by atoms with van der Waals surface area (Å²) >= 11 is 5.36. The van der Waals surface area contributed by atoms with Gasteiger partial charge in [-0.1, -0.05) is 57.2 Å². The number of hydrogen-bond donors (Lipinski definition) is 1. The number of benzene rings is 2. The molecule has 0 aliphatic rings. The monoisotopic (exact) mass is 363 g/mol. The lowest BCUT2D eigenvalue weighted by Crippen LogP contribution is -2.15. The van der Waals surface area contributed by atoms with Crippen molar-refractivity contribution in [2.24, 2.45) is 5.73 Å². The van der Waals surface area contributed by atoms with Crippen molar-refractivity contribution in [1.29, 1.82) is 0 Å². The molecule has 3 heteroatoms. The molecule has 0 aliphatic carbocycles. The molecule has 0 heterocycles. The second kappa shape index (κ2) is 6.99. The number of rotatable bonds is 4. The molecule has 2 aromatic rings. The van der Waals surface area contributed by atoms with Gasteiger partial charge in [0.05, 0.1) is 0 Å². The van der Waals surface area contributed by atoms with Crippen LogP contribution in [-0.2, 0) is 5.41 Å². The van der Waals surface area contributed by atoms with Crippen molar-refractivity contribution in [2.75, 3.05) is 5.75 Å². The molecule has 0 aromatic heterocycles. The lowest BCUT2D eigenvalue weighted by Gasteiger charge is -2.20. The van der Waals surface area contributed by atoms with Crippen molar-refractivity contribution in [1.82, 2.24) is 0 Å². The SMILES string of the molecule is CC(C)(C)c1ccc(C(N)CSc2ccccc2Br)cc1. The van der Waals surface area contributed by atoms with E-state index in [2.05, 4.69) is 79.2 Å². The zero-order valence-electron chi connectivity index (χ0n) is 12.8. The zero-order valence-corrected chi connectivity index (χ0v) is 15.2. The van der Waals surface area contributed by atoms with Gasteiger partial charge >= 0.3 is 0 Å². The van der Waals surface area contributed by atoms with E-state index in [1.807, 2.05) is 6.07 Å². The van der Waals surface area contributed by atoms with Crippen LogP contribution in [0.15, 0.2) is 57.9 Å². The summed E-state index contributed by atoms with van der Waals surface area (Å²) in [6.45, 7) is 6.68. The fourth-order valence-corrected chi connectivity index (χ4v) is 3.63. The molecule has 0 saturated heterocycles. The van der Waals surface area contributed by atoms with E-state index in [4.69, 9.17) is 5.73 Å². The summed E-state index contributed by atoms with van der Waals surface area (Å²) in [6, 6.07) is 17.0. The lowest BCUT2D eigenvalue weighted by atomic mass is 9.86. The quantitative estimate of drug-likeness (QED) is 0.721. The van der Waals surface area contributed by atoms with Gasteiger partial charge in [0.25, 0.3) is 0 Å². The van der Waals surface area contributed by atoms with E-state index in [1.54, 1.807) is 11.8 Å². The standard InChI is InChI=1S/C18H22BrNS/c1-18(2,3)14-10-8-13(9-11-14)16(20)12-21-17-7-5-4-6-15(17)19/h4-11,16H,12,20H2,1-3H3. The van der Waals surface area contributed by atoms with E-state index < -0.39 is 0 Å². The maximum absolute atomic E-state index is 6.32. The van der Waals surface area contributed by atoms with Crippen LogP contribution >= 0.6 is 27.7 Å². The molecule has 21 heavy (non-hydrogen) atoms. The topological polar surface area (TPSA) is 26.0 Å². The summed E-state index contributed by atoms with van der Waals surface area (Å²) in [7, 11) is 0. The normalized spacial score (nSPS) is 13.2. The Hall–Kier alpha value is -0.770. The summed E-state index contributed by atoms with van der Waals surface area (Å²) in [4.78, 5) is 1.24. The van der Waals surface area contributed by atoms with Gasteiger partial charge in [-0.3, -0.25) is 0 Å². The number of hydrogen-bond acceptors (Lipinski definition) is 2. The number of halogens is 1. The van der Waals surface area contributed by atoms with Gasteiger partial charge in [-0.2, -0.15) is 0 Å². The summed E-state index contributed by atoms with van der Waals surface area (Å²) < 4.78 is 1.13. The minimum Gasteiger partial charge on any atom is -0.323 e. The summed E-state index contributed by atoms with van der Waals surface area (Å²) in [6.07, 6.45) is 0. The van der Waals surface area contributed by atoms with Gasteiger partial charge in [0, 0.05) is 21.2 Å². The molecule has 0 aliphatic heterocycles. The van der Waals surface area contributed by atoms with Crippen LogP contribution in [0.3, 0.4) is 0 Å². The fourth-order valence-electron chi connectivity index (χ4n) is 2.07. The van der Waals surface area contributed by atoms with Crippen molar-refractivity contribution in [3.63, 3.8) is 0 Å². The molecule has 0 spiro atoms. The van der Waals surface area contributed by atoms with Gasteiger partial charge in [0.15, 0.2) is 0 Å². The molecule has 2 rings (SSSR count). The van der Waals surface area contributed by atoms with E-state index in [1.165, 1.54) is 16.0 Å². The molecule has 2 aromatic carbocycles. The largest absolute Gasteiger partial charge is 0.323 e. The van der Waals surface area contributed by atoms with Crippen LogP contribution in [0.5, 0.6) is 0 Å². The van der Waals surface area contributed by atoms with E-state index >= 15 is 0 Å². The van der Waals surface area contributed by atoms with Crippen molar-refractivity contribution in [3.8, 4) is 0 Å². The van der Waals surface area contributed by atoms with Crippen LogP contribution < -0.4 is 5.73 Å². The molecule has 1 atom stereocenters. The highest BCUT2D eigenvalue weighted by Gasteiger charge is 2.14. The summed E-state index contributed by atoms with van der Waals surface area (Å²) in [5.74, 6) is 0.872. The Balaban J connectivity index is 2.01. The van der Waals surface area contributed by atoms with E-state index in [-0.39, 0.29) is 11.5 Å². The molecular formula is C18H22BrNS. The first-order valence-electron chi connectivity index (χ1n) is 7.11. The molecule has 1 unspecified atom stereocenters.